The second-order valence-corrected chi connectivity index (χ2v) is 5.53. The highest BCUT2D eigenvalue weighted by atomic mass is 19.4. The minimum Gasteiger partial charge on any atom is -0.467 e. The topological polar surface area (TPSA) is 85.8 Å². The average molecular weight is 365 g/mol. The number of aromatic nitrogens is 4. The summed E-state index contributed by atoms with van der Waals surface area (Å²) in [6.45, 7) is 1.52. The van der Waals surface area contributed by atoms with Gasteiger partial charge < -0.3 is 9.73 Å². The molecule has 0 saturated carbocycles. The van der Waals surface area contributed by atoms with E-state index in [4.69, 9.17) is 4.42 Å². The van der Waals surface area contributed by atoms with Gasteiger partial charge in [-0.2, -0.15) is 18.0 Å². The van der Waals surface area contributed by atoms with E-state index in [0.29, 0.717) is 5.76 Å². The summed E-state index contributed by atoms with van der Waals surface area (Å²) in [4.78, 5) is 13.0. The smallest absolute Gasteiger partial charge is 0.416 e. The summed E-state index contributed by atoms with van der Waals surface area (Å²) in [7, 11) is 0. The molecule has 0 bridgehead atoms. The van der Waals surface area contributed by atoms with E-state index in [1.54, 1.807) is 19.1 Å². The number of nitrogens with one attached hydrogen (secondary N) is 1. The van der Waals surface area contributed by atoms with E-state index in [0.717, 1.165) is 16.9 Å². The number of benzene rings is 1. The maximum atomic E-state index is 12.8. The van der Waals surface area contributed by atoms with Gasteiger partial charge in [-0.05, 0) is 36.4 Å². The lowest BCUT2D eigenvalue weighted by Crippen LogP contribution is -2.30. The molecule has 1 aromatic carbocycles. The Bertz CT molecular complexity index is 889. The van der Waals surface area contributed by atoms with E-state index < -0.39 is 11.7 Å². The molecule has 7 nitrogen and oxygen atoms in total. The molecule has 136 valence electrons. The van der Waals surface area contributed by atoms with Gasteiger partial charge in [-0.25, -0.2) is 0 Å². The van der Waals surface area contributed by atoms with Crippen molar-refractivity contribution in [1.82, 2.24) is 25.5 Å². The molecule has 0 unspecified atom stereocenters. The zero-order valence-electron chi connectivity index (χ0n) is 13.6. The first-order chi connectivity index (χ1) is 12.3. The van der Waals surface area contributed by atoms with Crippen LogP contribution in [0.4, 0.5) is 13.2 Å². The molecule has 0 spiro atoms. The maximum absolute atomic E-state index is 12.8. The van der Waals surface area contributed by atoms with Gasteiger partial charge in [-0.1, -0.05) is 12.1 Å². The van der Waals surface area contributed by atoms with Crippen molar-refractivity contribution in [2.24, 2.45) is 0 Å². The molecule has 2 heterocycles. The first kappa shape index (κ1) is 17.6. The predicted molar refractivity (Wildman–Crippen MR) is 83.5 cm³/mol. The Morgan fingerprint density at radius 2 is 2.12 bits per heavy atom. The lowest BCUT2D eigenvalue weighted by atomic mass is 10.1. The Morgan fingerprint density at radius 3 is 2.81 bits per heavy atom. The predicted octanol–water partition coefficient (Wildman–Crippen LogP) is 2.83. The lowest BCUT2D eigenvalue weighted by Gasteiger charge is -2.10. The summed E-state index contributed by atoms with van der Waals surface area (Å²) in [6, 6.07) is 7.68. The molecule has 1 atom stereocenters. The first-order valence-electron chi connectivity index (χ1n) is 7.61. The molecule has 0 fully saturated rings. The summed E-state index contributed by atoms with van der Waals surface area (Å²) in [5.41, 5.74) is -0.646. The van der Waals surface area contributed by atoms with Crippen LogP contribution in [0.25, 0.3) is 11.4 Å². The van der Waals surface area contributed by atoms with Crippen molar-refractivity contribution in [2.75, 3.05) is 0 Å². The molecular formula is C16H14F3N5O2. The summed E-state index contributed by atoms with van der Waals surface area (Å²) in [6.07, 6.45) is -2.97. The number of alkyl halides is 3. The van der Waals surface area contributed by atoms with E-state index in [-0.39, 0.29) is 29.9 Å². The number of rotatable bonds is 5. The van der Waals surface area contributed by atoms with Crippen molar-refractivity contribution in [3.05, 3.63) is 54.0 Å². The monoisotopic (exact) mass is 365 g/mol. The lowest BCUT2D eigenvalue weighted by molar-refractivity contribution is -0.137. The average Bonchev–Trinajstić information content (AvgIpc) is 3.26. The summed E-state index contributed by atoms with van der Waals surface area (Å²) < 4.78 is 43.5. The van der Waals surface area contributed by atoms with E-state index in [9.17, 15) is 18.0 Å². The van der Waals surface area contributed by atoms with Gasteiger partial charge in [0.25, 0.3) is 0 Å². The van der Waals surface area contributed by atoms with E-state index in [2.05, 4.69) is 20.7 Å². The number of carbonyl (C=O) groups is 1. The summed E-state index contributed by atoms with van der Waals surface area (Å²) in [5.74, 6) is 0.208. The third-order valence-electron chi connectivity index (χ3n) is 3.53. The summed E-state index contributed by atoms with van der Waals surface area (Å²) in [5, 5.41) is 14.1. The van der Waals surface area contributed by atoms with Crippen LogP contribution in [-0.2, 0) is 17.5 Å². The Balaban J connectivity index is 1.67. The molecule has 0 aliphatic rings. The highest BCUT2D eigenvalue weighted by molar-refractivity contribution is 5.75. The number of nitrogens with zero attached hydrogens (tertiary/aromatic N) is 4. The van der Waals surface area contributed by atoms with Crippen LogP contribution in [0.1, 0.15) is 24.3 Å². The van der Waals surface area contributed by atoms with Crippen LogP contribution in [0.5, 0.6) is 0 Å². The van der Waals surface area contributed by atoms with Crippen molar-refractivity contribution >= 4 is 5.91 Å². The molecule has 0 aliphatic carbocycles. The molecule has 1 amide bonds. The Labute approximate surface area is 145 Å². The zero-order chi connectivity index (χ0) is 18.7. The molecule has 0 saturated heterocycles. The molecule has 0 radical (unpaired) electrons. The third kappa shape index (κ3) is 4.08. The van der Waals surface area contributed by atoms with E-state index in [1.807, 2.05) is 0 Å². The SMILES string of the molecule is C[C@@H](NC(=O)Cn1nnc(-c2cccc(C(F)(F)F)c2)n1)c1ccco1. The standard InChI is InChI=1S/C16H14F3N5O2/c1-10(13-6-3-7-26-13)20-14(25)9-24-22-15(21-23-24)11-4-2-5-12(8-11)16(17,18)19/h2-8,10H,9H2,1H3,(H,20,25)/t10-/m1/s1. The van der Waals surface area contributed by atoms with Crippen LogP contribution in [0.2, 0.25) is 0 Å². The van der Waals surface area contributed by atoms with Crippen LogP contribution < -0.4 is 5.32 Å². The van der Waals surface area contributed by atoms with Gasteiger partial charge in [0.2, 0.25) is 11.7 Å². The minimum atomic E-state index is -4.46. The van der Waals surface area contributed by atoms with Crippen molar-refractivity contribution < 1.29 is 22.4 Å². The van der Waals surface area contributed by atoms with Crippen molar-refractivity contribution in [3.63, 3.8) is 0 Å². The molecule has 1 N–H and O–H groups in total. The van der Waals surface area contributed by atoms with Gasteiger partial charge in [0.15, 0.2) is 0 Å². The zero-order valence-corrected chi connectivity index (χ0v) is 13.6. The van der Waals surface area contributed by atoms with Gasteiger partial charge in [0, 0.05) is 5.56 Å². The molecule has 3 rings (SSSR count). The second kappa shape index (κ2) is 6.98. The number of tetrazole rings is 1. The van der Waals surface area contributed by atoms with Crippen LogP contribution in [0.3, 0.4) is 0 Å². The van der Waals surface area contributed by atoms with E-state index >= 15 is 0 Å². The van der Waals surface area contributed by atoms with Crippen LogP contribution in [-0.4, -0.2) is 26.1 Å². The fraction of sp³-hybridized carbons (Fsp3) is 0.250. The molecule has 2 aromatic heterocycles. The molecule has 26 heavy (non-hydrogen) atoms. The molecular weight excluding hydrogens is 351 g/mol. The molecule has 0 aliphatic heterocycles. The van der Waals surface area contributed by atoms with Gasteiger partial charge >= 0.3 is 6.18 Å². The van der Waals surface area contributed by atoms with E-state index in [1.165, 1.54) is 18.4 Å². The van der Waals surface area contributed by atoms with Crippen molar-refractivity contribution in [3.8, 4) is 11.4 Å². The summed E-state index contributed by atoms with van der Waals surface area (Å²) >= 11 is 0. The normalized spacial score (nSPS) is 12.8. The third-order valence-corrected chi connectivity index (χ3v) is 3.53. The number of furan rings is 1. The minimum absolute atomic E-state index is 0.00276. The number of amides is 1. The van der Waals surface area contributed by atoms with Crippen LogP contribution in [0, 0.1) is 0 Å². The van der Waals surface area contributed by atoms with Crippen molar-refractivity contribution in [1.29, 1.82) is 0 Å². The molecule has 3 aromatic rings. The second-order valence-electron chi connectivity index (χ2n) is 5.53. The fourth-order valence-corrected chi connectivity index (χ4v) is 2.28. The number of carbonyl (C=O) groups excluding carboxylic acids is 1. The van der Waals surface area contributed by atoms with Gasteiger partial charge in [-0.3, -0.25) is 4.79 Å². The Kier molecular flexibility index (Phi) is 4.74. The number of hydrogen-bond acceptors (Lipinski definition) is 5. The van der Waals surface area contributed by atoms with Crippen LogP contribution >= 0.6 is 0 Å². The molecule has 10 heteroatoms. The van der Waals surface area contributed by atoms with Crippen molar-refractivity contribution in [2.45, 2.75) is 25.7 Å². The van der Waals surface area contributed by atoms with Gasteiger partial charge in [0.1, 0.15) is 12.3 Å². The Hall–Kier alpha value is -3.17. The Morgan fingerprint density at radius 1 is 1.31 bits per heavy atom. The maximum Gasteiger partial charge on any atom is 0.416 e. The number of hydrogen-bond donors (Lipinski definition) is 1. The van der Waals surface area contributed by atoms with Crippen LogP contribution in [0.15, 0.2) is 47.1 Å². The number of halogens is 3. The quantitative estimate of drug-likeness (QED) is 0.751. The first-order valence-corrected chi connectivity index (χ1v) is 7.61. The van der Waals surface area contributed by atoms with Gasteiger partial charge in [0.05, 0.1) is 17.9 Å². The fourth-order valence-electron chi connectivity index (χ4n) is 2.28. The van der Waals surface area contributed by atoms with Gasteiger partial charge in [-0.15, -0.1) is 10.2 Å². The highest BCUT2D eigenvalue weighted by Gasteiger charge is 2.30. The largest absolute Gasteiger partial charge is 0.467 e. The highest BCUT2D eigenvalue weighted by Crippen LogP contribution is 2.31.